The number of hydrogen-bond acceptors (Lipinski definition) is 1. The molecule has 0 saturated carbocycles. The van der Waals surface area contributed by atoms with Gasteiger partial charge in [0.15, 0.2) is 0 Å². The van der Waals surface area contributed by atoms with Crippen LogP contribution in [-0.4, -0.2) is 0 Å². The van der Waals surface area contributed by atoms with Gasteiger partial charge in [0.2, 0.25) is 0 Å². The molecule has 1 heteroatoms. The van der Waals surface area contributed by atoms with E-state index < -0.39 is 0 Å². The molecule has 0 aliphatic heterocycles. The monoisotopic (exact) mass is 405 g/mol. The number of rotatable bonds is 2. The highest BCUT2D eigenvalue weighted by atomic mass is 14.2. The van der Waals surface area contributed by atoms with Crippen molar-refractivity contribution < 1.29 is 0 Å². The van der Waals surface area contributed by atoms with Crippen LogP contribution in [-0.2, 0) is 0 Å². The maximum atomic E-state index is 9.23. The van der Waals surface area contributed by atoms with Gasteiger partial charge in [-0.15, -0.1) is 0 Å². The Bertz CT molecular complexity index is 1610. The molecular weight excluding hydrogens is 386 g/mol. The molecule has 0 aliphatic carbocycles. The molecule has 148 valence electrons. The largest absolute Gasteiger partial charge is 0.192 e. The van der Waals surface area contributed by atoms with Crippen molar-refractivity contribution >= 4 is 32.3 Å². The molecule has 0 saturated heterocycles. The van der Waals surface area contributed by atoms with Crippen LogP contribution in [0.2, 0.25) is 0 Å². The van der Waals surface area contributed by atoms with Gasteiger partial charge in [-0.2, -0.15) is 5.26 Å². The molecule has 0 N–H and O–H groups in total. The molecule has 0 amide bonds. The lowest BCUT2D eigenvalue weighted by atomic mass is 9.85. The lowest BCUT2D eigenvalue weighted by molar-refractivity contribution is 1.49. The van der Waals surface area contributed by atoms with Crippen LogP contribution in [0.1, 0.15) is 5.56 Å². The van der Waals surface area contributed by atoms with Crippen LogP contribution in [0, 0.1) is 11.3 Å². The van der Waals surface area contributed by atoms with Crippen LogP contribution in [0.15, 0.2) is 115 Å². The zero-order valence-electron chi connectivity index (χ0n) is 17.4. The van der Waals surface area contributed by atoms with Crippen LogP contribution in [0.25, 0.3) is 54.6 Å². The standard InChI is InChI=1S/C31H19N/c32-20-21-13-15-23(16-14-21)30-26-9-3-5-11-28(26)31(29-12-6-4-10-27(29)30)25-18-17-22-7-1-2-8-24(22)19-25/h1-19H. The first-order valence-electron chi connectivity index (χ1n) is 10.8. The Morgan fingerprint density at radius 2 is 0.906 bits per heavy atom. The predicted octanol–water partition coefficient (Wildman–Crippen LogP) is 8.35. The normalized spacial score (nSPS) is 11.1. The lowest BCUT2D eigenvalue weighted by Gasteiger charge is -2.18. The zero-order chi connectivity index (χ0) is 21.5. The Morgan fingerprint density at radius 3 is 1.47 bits per heavy atom. The summed E-state index contributed by atoms with van der Waals surface area (Å²) in [6, 6.07) is 42.7. The molecule has 32 heavy (non-hydrogen) atoms. The molecule has 0 fully saturated rings. The SMILES string of the molecule is N#Cc1ccc(-c2c3ccccc3c(-c3ccc4ccccc4c3)c3ccccc23)cc1. The lowest BCUT2D eigenvalue weighted by Crippen LogP contribution is -1.91. The van der Waals surface area contributed by atoms with Crippen molar-refractivity contribution in [1.29, 1.82) is 5.26 Å². The second kappa shape index (κ2) is 7.38. The summed E-state index contributed by atoms with van der Waals surface area (Å²) in [6.07, 6.45) is 0. The molecule has 6 aromatic rings. The van der Waals surface area contributed by atoms with E-state index in [0.29, 0.717) is 5.56 Å². The molecule has 6 rings (SSSR count). The van der Waals surface area contributed by atoms with Crippen molar-refractivity contribution in [3.63, 3.8) is 0 Å². The van der Waals surface area contributed by atoms with E-state index in [-0.39, 0.29) is 0 Å². The number of fused-ring (bicyclic) bond motifs is 3. The first-order chi connectivity index (χ1) is 15.8. The zero-order valence-corrected chi connectivity index (χ0v) is 17.4. The van der Waals surface area contributed by atoms with E-state index >= 15 is 0 Å². The Balaban J connectivity index is 1.74. The van der Waals surface area contributed by atoms with E-state index in [9.17, 15) is 5.26 Å². The van der Waals surface area contributed by atoms with Gasteiger partial charge in [-0.05, 0) is 72.8 Å². The van der Waals surface area contributed by atoms with Crippen molar-refractivity contribution in [3.05, 3.63) is 121 Å². The Morgan fingerprint density at radius 1 is 0.438 bits per heavy atom. The molecule has 0 bridgehead atoms. The van der Waals surface area contributed by atoms with E-state index in [1.54, 1.807) is 0 Å². The predicted molar refractivity (Wildman–Crippen MR) is 135 cm³/mol. The molecule has 0 heterocycles. The molecule has 0 atom stereocenters. The van der Waals surface area contributed by atoms with Gasteiger partial charge < -0.3 is 0 Å². The minimum atomic E-state index is 0.676. The van der Waals surface area contributed by atoms with Crippen molar-refractivity contribution in [3.8, 4) is 28.3 Å². The number of hydrogen-bond donors (Lipinski definition) is 0. The molecule has 0 unspecified atom stereocenters. The fourth-order valence-electron chi connectivity index (χ4n) is 4.81. The van der Waals surface area contributed by atoms with Crippen molar-refractivity contribution in [2.24, 2.45) is 0 Å². The third-order valence-electron chi connectivity index (χ3n) is 6.27. The number of nitrogens with zero attached hydrogens (tertiary/aromatic N) is 1. The van der Waals surface area contributed by atoms with Crippen LogP contribution in [0.5, 0.6) is 0 Å². The van der Waals surface area contributed by atoms with E-state index in [1.807, 2.05) is 12.1 Å². The van der Waals surface area contributed by atoms with Crippen LogP contribution < -0.4 is 0 Å². The number of nitriles is 1. The molecule has 6 aromatic carbocycles. The summed E-state index contributed by atoms with van der Waals surface area (Å²) in [5.41, 5.74) is 5.50. The maximum Gasteiger partial charge on any atom is 0.0991 e. The van der Waals surface area contributed by atoms with E-state index in [2.05, 4.69) is 109 Å². The topological polar surface area (TPSA) is 23.8 Å². The first-order valence-corrected chi connectivity index (χ1v) is 10.8. The summed E-state index contributed by atoms with van der Waals surface area (Å²) in [7, 11) is 0. The molecule has 0 aromatic heterocycles. The van der Waals surface area contributed by atoms with Gasteiger partial charge in [0.05, 0.1) is 11.6 Å². The summed E-state index contributed by atoms with van der Waals surface area (Å²) in [5, 5.41) is 16.6. The molecular formula is C31H19N. The Labute approximate surface area is 186 Å². The molecule has 0 aliphatic rings. The number of benzene rings is 6. The first kappa shape index (κ1) is 18.4. The van der Waals surface area contributed by atoms with Gasteiger partial charge in [-0.25, -0.2) is 0 Å². The minimum Gasteiger partial charge on any atom is -0.192 e. The second-order valence-electron chi connectivity index (χ2n) is 8.09. The van der Waals surface area contributed by atoms with Gasteiger partial charge in [-0.1, -0.05) is 97.1 Å². The van der Waals surface area contributed by atoms with Gasteiger partial charge >= 0.3 is 0 Å². The van der Waals surface area contributed by atoms with Gasteiger partial charge in [0.1, 0.15) is 0 Å². The molecule has 1 nitrogen and oxygen atoms in total. The Hall–Kier alpha value is -4.41. The average molecular weight is 406 g/mol. The van der Waals surface area contributed by atoms with E-state index in [4.69, 9.17) is 0 Å². The Kier molecular flexibility index (Phi) is 4.23. The summed E-state index contributed by atoms with van der Waals surface area (Å²) >= 11 is 0. The highest BCUT2D eigenvalue weighted by molar-refractivity contribution is 6.21. The summed E-state index contributed by atoms with van der Waals surface area (Å²) in [6.45, 7) is 0. The van der Waals surface area contributed by atoms with Crippen LogP contribution in [0.4, 0.5) is 0 Å². The van der Waals surface area contributed by atoms with Gasteiger partial charge in [-0.3, -0.25) is 0 Å². The minimum absolute atomic E-state index is 0.676. The fourth-order valence-corrected chi connectivity index (χ4v) is 4.81. The molecule has 0 spiro atoms. The summed E-state index contributed by atoms with van der Waals surface area (Å²) in [4.78, 5) is 0. The van der Waals surface area contributed by atoms with E-state index in [0.717, 1.165) is 5.56 Å². The smallest absolute Gasteiger partial charge is 0.0991 e. The third-order valence-corrected chi connectivity index (χ3v) is 6.27. The maximum absolute atomic E-state index is 9.23. The molecule has 0 radical (unpaired) electrons. The van der Waals surface area contributed by atoms with E-state index in [1.165, 1.54) is 49.0 Å². The highest BCUT2D eigenvalue weighted by Crippen LogP contribution is 2.43. The fraction of sp³-hybridized carbons (Fsp3) is 0. The van der Waals surface area contributed by atoms with Crippen LogP contribution >= 0.6 is 0 Å². The third kappa shape index (κ3) is 2.86. The summed E-state index contributed by atoms with van der Waals surface area (Å²) < 4.78 is 0. The van der Waals surface area contributed by atoms with Crippen molar-refractivity contribution in [2.45, 2.75) is 0 Å². The van der Waals surface area contributed by atoms with Crippen LogP contribution in [0.3, 0.4) is 0 Å². The summed E-state index contributed by atoms with van der Waals surface area (Å²) in [5.74, 6) is 0. The van der Waals surface area contributed by atoms with Gasteiger partial charge in [0, 0.05) is 0 Å². The van der Waals surface area contributed by atoms with Gasteiger partial charge in [0.25, 0.3) is 0 Å². The second-order valence-corrected chi connectivity index (χ2v) is 8.09. The van der Waals surface area contributed by atoms with Crippen molar-refractivity contribution in [1.82, 2.24) is 0 Å². The quantitative estimate of drug-likeness (QED) is 0.266. The van der Waals surface area contributed by atoms with Crippen molar-refractivity contribution in [2.75, 3.05) is 0 Å². The average Bonchev–Trinajstić information content (AvgIpc) is 2.87. The highest BCUT2D eigenvalue weighted by Gasteiger charge is 2.16.